The molecule has 0 aliphatic heterocycles. The molecule has 8 nitrogen and oxygen atoms in total. The Morgan fingerprint density at radius 1 is 1.03 bits per heavy atom. The van der Waals surface area contributed by atoms with Crippen molar-refractivity contribution in [2.45, 2.75) is 5.92 Å². The fourth-order valence-electron chi connectivity index (χ4n) is 2.87. The summed E-state index contributed by atoms with van der Waals surface area (Å²) in [5.41, 5.74) is 1.75. The van der Waals surface area contributed by atoms with Gasteiger partial charge in [0.05, 0.1) is 44.7 Å². The number of hydrogen-bond donors (Lipinski definition) is 0. The number of nitriles is 1. The van der Waals surface area contributed by atoms with Crippen molar-refractivity contribution in [3.05, 3.63) is 65.7 Å². The Labute approximate surface area is 167 Å². The Kier molecular flexibility index (Phi) is 6.00. The fraction of sp³-hybridized carbons (Fsp3) is 0.190. The van der Waals surface area contributed by atoms with Crippen molar-refractivity contribution >= 4 is 5.97 Å². The summed E-state index contributed by atoms with van der Waals surface area (Å²) in [4.78, 5) is 25.5. The Hall–Kier alpha value is -3.99. The van der Waals surface area contributed by atoms with Crippen LogP contribution in [0.2, 0.25) is 0 Å². The highest BCUT2D eigenvalue weighted by Gasteiger charge is 2.29. The number of rotatable bonds is 6. The van der Waals surface area contributed by atoms with Crippen LogP contribution in [0.3, 0.4) is 0 Å². The molecule has 8 heteroatoms. The van der Waals surface area contributed by atoms with Gasteiger partial charge in [-0.15, -0.1) is 0 Å². The largest absolute Gasteiger partial charge is 0.481 e. The summed E-state index contributed by atoms with van der Waals surface area (Å²) in [6.07, 6.45) is 1.53. The van der Waals surface area contributed by atoms with Crippen LogP contribution in [0.25, 0.3) is 11.1 Å². The Balaban J connectivity index is 2.24. The van der Waals surface area contributed by atoms with Gasteiger partial charge in [0.2, 0.25) is 11.8 Å². The number of carbonyl (C=O) groups excluding carboxylic acids is 1. The van der Waals surface area contributed by atoms with Crippen molar-refractivity contribution in [1.29, 1.82) is 5.26 Å². The molecule has 3 aromatic rings. The van der Waals surface area contributed by atoms with E-state index in [9.17, 15) is 10.1 Å². The van der Waals surface area contributed by atoms with Gasteiger partial charge in [-0.1, -0.05) is 30.3 Å². The third-order valence-electron chi connectivity index (χ3n) is 4.23. The van der Waals surface area contributed by atoms with Crippen LogP contribution >= 0.6 is 0 Å². The second-order valence-electron chi connectivity index (χ2n) is 5.85. The predicted octanol–water partition coefficient (Wildman–Crippen LogP) is 3.00. The van der Waals surface area contributed by atoms with E-state index in [4.69, 9.17) is 14.2 Å². The number of carbonyl (C=O) groups is 1. The van der Waals surface area contributed by atoms with Crippen LogP contribution in [0.5, 0.6) is 11.8 Å². The third kappa shape index (κ3) is 3.99. The Morgan fingerprint density at radius 2 is 1.69 bits per heavy atom. The number of pyridine rings is 1. The smallest absolute Gasteiger partial charge is 0.340 e. The minimum atomic E-state index is -1.04. The Morgan fingerprint density at radius 3 is 2.24 bits per heavy atom. The van der Waals surface area contributed by atoms with Crippen LogP contribution in [-0.4, -0.2) is 42.3 Å². The lowest BCUT2D eigenvalue weighted by Crippen LogP contribution is -2.15. The fourth-order valence-corrected chi connectivity index (χ4v) is 2.87. The topological polar surface area (TPSA) is 107 Å². The van der Waals surface area contributed by atoms with Crippen molar-refractivity contribution in [2.24, 2.45) is 0 Å². The van der Waals surface area contributed by atoms with Crippen LogP contribution in [0, 0.1) is 11.3 Å². The average Bonchev–Trinajstić information content (AvgIpc) is 2.79. The first-order valence-corrected chi connectivity index (χ1v) is 8.62. The normalized spacial score (nSPS) is 11.2. The van der Waals surface area contributed by atoms with Crippen molar-refractivity contribution in [3.8, 4) is 29.0 Å². The van der Waals surface area contributed by atoms with Gasteiger partial charge in [-0.05, 0) is 17.2 Å². The molecule has 0 aliphatic rings. The SMILES string of the molecule is COC(=O)c1c(-c2ccccc2)ccnc1C(C#N)c1nc(OC)cc(OC)n1. The first-order valence-electron chi connectivity index (χ1n) is 8.62. The zero-order chi connectivity index (χ0) is 20.8. The van der Waals surface area contributed by atoms with Gasteiger partial charge < -0.3 is 14.2 Å². The molecule has 0 radical (unpaired) electrons. The van der Waals surface area contributed by atoms with E-state index in [0.717, 1.165) is 5.56 Å². The molecule has 1 atom stereocenters. The highest BCUT2D eigenvalue weighted by molar-refractivity contribution is 5.98. The van der Waals surface area contributed by atoms with Crippen LogP contribution in [0.1, 0.15) is 27.8 Å². The van der Waals surface area contributed by atoms with Crippen molar-refractivity contribution < 1.29 is 19.0 Å². The Bertz CT molecular complexity index is 1040. The number of esters is 1. The summed E-state index contributed by atoms with van der Waals surface area (Å²) in [7, 11) is 4.17. The summed E-state index contributed by atoms with van der Waals surface area (Å²) < 4.78 is 15.3. The van der Waals surface area contributed by atoms with Crippen LogP contribution in [0.4, 0.5) is 0 Å². The van der Waals surface area contributed by atoms with E-state index in [1.807, 2.05) is 30.3 Å². The lowest BCUT2D eigenvalue weighted by Gasteiger charge is -2.16. The number of methoxy groups -OCH3 is 3. The van der Waals surface area contributed by atoms with E-state index >= 15 is 0 Å². The van der Waals surface area contributed by atoms with E-state index in [2.05, 4.69) is 21.0 Å². The van der Waals surface area contributed by atoms with Crippen molar-refractivity contribution in [2.75, 3.05) is 21.3 Å². The lowest BCUT2D eigenvalue weighted by atomic mass is 9.93. The minimum absolute atomic E-state index is 0.103. The zero-order valence-electron chi connectivity index (χ0n) is 16.1. The number of ether oxygens (including phenoxy) is 3. The van der Waals surface area contributed by atoms with E-state index in [1.54, 1.807) is 6.07 Å². The maximum Gasteiger partial charge on any atom is 0.340 e. The first-order chi connectivity index (χ1) is 14.1. The number of aromatic nitrogens is 3. The summed E-state index contributed by atoms with van der Waals surface area (Å²) in [6.45, 7) is 0. The quantitative estimate of drug-likeness (QED) is 0.591. The molecule has 2 aromatic heterocycles. The average molecular weight is 390 g/mol. The number of nitrogens with zero attached hydrogens (tertiary/aromatic N) is 4. The standard InChI is InChI=1S/C21H18N4O4/c1-27-16-11-17(28-2)25-20(24-16)15(12-22)19-18(21(26)29-3)14(9-10-23-19)13-7-5-4-6-8-13/h4-11,15H,1-3H3. The van der Waals surface area contributed by atoms with Gasteiger partial charge in [-0.2, -0.15) is 15.2 Å². The maximum atomic E-state index is 12.7. The molecule has 0 fully saturated rings. The van der Waals surface area contributed by atoms with Crippen LogP contribution < -0.4 is 9.47 Å². The van der Waals surface area contributed by atoms with Crippen molar-refractivity contribution in [1.82, 2.24) is 15.0 Å². The van der Waals surface area contributed by atoms with Crippen molar-refractivity contribution in [3.63, 3.8) is 0 Å². The van der Waals surface area contributed by atoms with E-state index in [-0.39, 0.29) is 28.8 Å². The van der Waals surface area contributed by atoms with Gasteiger partial charge in [-0.25, -0.2) is 4.79 Å². The summed E-state index contributed by atoms with van der Waals surface area (Å²) in [5, 5.41) is 9.90. The molecule has 3 rings (SSSR count). The second-order valence-corrected chi connectivity index (χ2v) is 5.85. The van der Waals surface area contributed by atoms with Gasteiger partial charge >= 0.3 is 5.97 Å². The lowest BCUT2D eigenvalue weighted by molar-refractivity contribution is 0.0599. The minimum Gasteiger partial charge on any atom is -0.481 e. The molecule has 0 amide bonds. The molecular weight excluding hydrogens is 372 g/mol. The van der Waals surface area contributed by atoms with Gasteiger partial charge in [0, 0.05) is 6.20 Å². The van der Waals surface area contributed by atoms with E-state index < -0.39 is 11.9 Å². The molecule has 0 N–H and O–H groups in total. The summed E-state index contributed by atoms with van der Waals surface area (Å²) in [5.74, 6) is -1.10. The molecule has 146 valence electrons. The molecule has 1 aromatic carbocycles. The van der Waals surface area contributed by atoms with E-state index in [0.29, 0.717) is 5.56 Å². The predicted molar refractivity (Wildman–Crippen MR) is 104 cm³/mol. The van der Waals surface area contributed by atoms with E-state index in [1.165, 1.54) is 33.6 Å². The number of hydrogen-bond acceptors (Lipinski definition) is 8. The molecule has 0 saturated carbocycles. The van der Waals surface area contributed by atoms with Gasteiger partial charge in [-0.3, -0.25) is 4.98 Å². The highest BCUT2D eigenvalue weighted by Crippen LogP contribution is 2.32. The highest BCUT2D eigenvalue weighted by atomic mass is 16.5. The molecule has 1 unspecified atom stereocenters. The zero-order valence-corrected chi connectivity index (χ0v) is 16.1. The molecule has 29 heavy (non-hydrogen) atoms. The molecule has 0 bridgehead atoms. The molecule has 0 saturated heterocycles. The van der Waals surface area contributed by atoms with Gasteiger partial charge in [0.1, 0.15) is 5.92 Å². The van der Waals surface area contributed by atoms with Gasteiger partial charge in [0.15, 0.2) is 5.82 Å². The van der Waals surface area contributed by atoms with Gasteiger partial charge in [0.25, 0.3) is 0 Å². The number of benzene rings is 1. The molecule has 0 spiro atoms. The summed E-state index contributed by atoms with van der Waals surface area (Å²) >= 11 is 0. The first kappa shape index (κ1) is 19.8. The maximum absolute atomic E-state index is 12.7. The van der Waals surface area contributed by atoms with Crippen LogP contribution in [0.15, 0.2) is 48.7 Å². The van der Waals surface area contributed by atoms with Crippen LogP contribution in [-0.2, 0) is 4.74 Å². The molecule has 0 aliphatic carbocycles. The second kappa shape index (κ2) is 8.80. The monoisotopic (exact) mass is 390 g/mol. The summed E-state index contributed by atoms with van der Waals surface area (Å²) in [6, 6.07) is 14.6. The molecule has 2 heterocycles. The molecular formula is C21H18N4O4. The third-order valence-corrected chi connectivity index (χ3v) is 4.23.